The molecule has 15 heavy (non-hydrogen) atoms. The van der Waals surface area contributed by atoms with E-state index in [1.807, 2.05) is 30.3 Å². The summed E-state index contributed by atoms with van der Waals surface area (Å²) in [6, 6.07) is 9.92. The van der Waals surface area contributed by atoms with Crippen molar-refractivity contribution in [2.45, 2.75) is 38.6 Å². The SMILES string of the molecule is CC(C)(N)CCCCOc1ccccc1. The number of benzene rings is 1. The largest absolute Gasteiger partial charge is 0.494 e. The second kappa shape index (κ2) is 5.76. The second-order valence-corrected chi connectivity index (χ2v) is 4.61. The molecule has 0 bridgehead atoms. The third-order valence-corrected chi connectivity index (χ3v) is 2.23. The van der Waals surface area contributed by atoms with Crippen molar-refractivity contribution >= 4 is 0 Å². The van der Waals surface area contributed by atoms with Gasteiger partial charge in [0.05, 0.1) is 6.61 Å². The van der Waals surface area contributed by atoms with Crippen molar-refractivity contribution in [1.82, 2.24) is 0 Å². The van der Waals surface area contributed by atoms with Crippen molar-refractivity contribution in [3.05, 3.63) is 30.3 Å². The number of ether oxygens (including phenoxy) is 1. The molecule has 84 valence electrons. The number of unbranched alkanes of at least 4 members (excludes halogenated alkanes) is 1. The normalized spacial score (nSPS) is 11.4. The highest BCUT2D eigenvalue weighted by molar-refractivity contribution is 5.20. The van der Waals surface area contributed by atoms with Crippen LogP contribution in [0.25, 0.3) is 0 Å². The summed E-state index contributed by atoms with van der Waals surface area (Å²) in [6.45, 7) is 4.90. The third-order valence-electron chi connectivity index (χ3n) is 2.23. The molecule has 0 heterocycles. The Kier molecular flexibility index (Phi) is 4.63. The Balaban J connectivity index is 2.08. The van der Waals surface area contributed by atoms with Gasteiger partial charge in [-0.3, -0.25) is 0 Å². The molecule has 1 aromatic rings. The lowest BCUT2D eigenvalue weighted by Crippen LogP contribution is -2.31. The topological polar surface area (TPSA) is 35.2 Å². The minimum Gasteiger partial charge on any atom is -0.494 e. The lowest BCUT2D eigenvalue weighted by atomic mass is 9.99. The van der Waals surface area contributed by atoms with E-state index in [1.54, 1.807) is 0 Å². The molecule has 0 aliphatic carbocycles. The summed E-state index contributed by atoms with van der Waals surface area (Å²) in [6.07, 6.45) is 3.23. The predicted molar refractivity (Wildman–Crippen MR) is 64.1 cm³/mol. The molecule has 0 radical (unpaired) electrons. The van der Waals surface area contributed by atoms with Crippen molar-refractivity contribution in [2.24, 2.45) is 5.73 Å². The summed E-state index contributed by atoms with van der Waals surface area (Å²) < 4.78 is 5.58. The van der Waals surface area contributed by atoms with E-state index in [0.29, 0.717) is 0 Å². The van der Waals surface area contributed by atoms with Crippen LogP contribution < -0.4 is 10.5 Å². The van der Waals surface area contributed by atoms with Gasteiger partial charge < -0.3 is 10.5 Å². The molecule has 1 rings (SSSR count). The average Bonchev–Trinajstić information content (AvgIpc) is 2.17. The highest BCUT2D eigenvalue weighted by atomic mass is 16.5. The molecule has 0 unspecified atom stereocenters. The first-order valence-corrected chi connectivity index (χ1v) is 5.55. The smallest absolute Gasteiger partial charge is 0.119 e. The quantitative estimate of drug-likeness (QED) is 0.728. The van der Waals surface area contributed by atoms with E-state index in [4.69, 9.17) is 10.5 Å². The summed E-state index contributed by atoms with van der Waals surface area (Å²) in [5, 5.41) is 0. The van der Waals surface area contributed by atoms with E-state index in [-0.39, 0.29) is 5.54 Å². The van der Waals surface area contributed by atoms with Gasteiger partial charge in [-0.25, -0.2) is 0 Å². The van der Waals surface area contributed by atoms with Gasteiger partial charge in [0.25, 0.3) is 0 Å². The lowest BCUT2D eigenvalue weighted by Gasteiger charge is -2.17. The van der Waals surface area contributed by atoms with Gasteiger partial charge in [-0.2, -0.15) is 0 Å². The van der Waals surface area contributed by atoms with Gasteiger partial charge in [0.1, 0.15) is 5.75 Å². The molecule has 0 aliphatic rings. The number of para-hydroxylation sites is 1. The van der Waals surface area contributed by atoms with Gasteiger partial charge >= 0.3 is 0 Å². The molecule has 2 heteroatoms. The Bertz CT molecular complexity index is 264. The Morgan fingerprint density at radius 2 is 1.80 bits per heavy atom. The van der Waals surface area contributed by atoms with Crippen molar-refractivity contribution in [2.75, 3.05) is 6.61 Å². The van der Waals surface area contributed by atoms with Gasteiger partial charge in [-0.05, 0) is 45.2 Å². The predicted octanol–water partition coefficient (Wildman–Crippen LogP) is 2.97. The Hall–Kier alpha value is -1.02. The number of hydrogen-bond donors (Lipinski definition) is 1. The van der Waals surface area contributed by atoms with Crippen molar-refractivity contribution in [1.29, 1.82) is 0 Å². The zero-order chi connectivity index (χ0) is 11.1. The van der Waals surface area contributed by atoms with Gasteiger partial charge in [0, 0.05) is 5.54 Å². The van der Waals surface area contributed by atoms with Crippen LogP contribution in [0.3, 0.4) is 0 Å². The van der Waals surface area contributed by atoms with Crippen LogP contribution in [0.5, 0.6) is 5.75 Å². The van der Waals surface area contributed by atoms with E-state index in [9.17, 15) is 0 Å². The Morgan fingerprint density at radius 1 is 1.13 bits per heavy atom. The van der Waals surface area contributed by atoms with E-state index in [1.165, 1.54) is 0 Å². The van der Waals surface area contributed by atoms with Crippen LogP contribution in [0.4, 0.5) is 0 Å². The number of rotatable bonds is 6. The lowest BCUT2D eigenvalue weighted by molar-refractivity contribution is 0.298. The van der Waals surface area contributed by atoms with Gasteiger partial charge in [0.15, 0.2) is 0 Å². The maximum absolute atomic E-state index is 5.89. The van der Waals surface area contributed by atoms with Gasteiger partial charge in [-0.1, -0.05) is 18.2 Å². The molecular weight excluding hydrogens is 186 g/mol. The summed E-state index contributed by atoms with van der Waals surface area (Å²) in [7, 11) is 0. The minimum atomic E-state index is -0.0489. The molecule has 0 fully saturated rings. The highest BCUT2D eigenvalue weighted by Gasteiger charge is 2.08. The monoisotopic (exact) mass is 207 g/mol. The summed E-state index contributed by atoms with van der Waals surface area (Å²) >= 11 is 0. The van der Waals surface area contributed by atoms with Crippen molar-refractivity contribution in [3.63, 3.8) is 0 Å². The molecule has 2 nitrogen and oxygen atoms in total. The summed E-state index contributed by atoms with van der Waals surface area (Å²) in [5.74, 6) is 0.949. The first kappa shape index (κ1) is 12.1. The first-order chi connectivity index (χ1) is 7.08. The van der Waals surface area contributed by atoms with Crippen LogP contribution in [0.1, 0.15) is 33.1 Å². The van der Waals surface area contributed by atoms with E-state index >= 15 is 0 Å². The van der Waals surface area contributed by atoms with Crippen LogP contribution in [0.2, 0.25) is 0 Å². The molecule has 0 spiro atoms. The van der Waals surface area contributed by atoms with Gasteiger partial charge in [-0.15, -0.1) is 0 Å². The highest BCUT2D eigenvalue weighted by Crippen LogP contribution is 2.11. The van der Waals surface area contributed by atoms with Crippen molar-refractivity contribution < 1.29 is 4.74 Å². The molecule has 0 aliphatic heterocycles. The second-order valence-electron chi connectivity index (χ2n) is 4.61. The Morgan fingerprint density at radius 3 is 2.40 bits per heavy atom. The summed E-state index contributed by atoms with van der Waals surface area (Å²) in [5.41, 5.74) is 5.84. The zero-order valence-electron chi connectivity index (χ0n) is 9.70. The standard InChI is InChI=1S/C13H21NO/c1-13(2,14)10-6-7-11-15-12-8-4-3-5-9-12/h3-5,8-9H,6-7,10-11,14H2,1-2H3. The molecule has 0 atom stereocenters. The average molecular weight is 207 g/mol. The van der Waals surface area contributed by atoms with Crippen LogP contribution in [0, 0.1) is 0 Å². The minimum absolute atomic E-state index is 0.0489. The third kappa shape index (κ3) is 6.13. The number of nitrogens with two attached hydrogens (primary N) is 1. The maximum Gasteiger partial charge on any atom is 0.119 e. The van der Waals surface area contributed by atoms with Crippen molar-refractivity contribution in [3.8, 4) is 5.75 Å². The maximum atomic E-state index is 5.89. The first-order valence-electron chi connectivity index (χ1n) is 5.55. The molecular formula is C13H21NO. The van der Waals surface area contributed by atoms with Crippen LogP contribution >= 0.6 is 0 Å². The zero-order valence-corrected chi connectivity index (χ0v) is 9.70. The van der Waals surface area contributed by atoms with Crippen LogP contribution in [-0.4, -0.2) is 12.1 Å². The van der Waals surface area contributed by atoms with Crippen LogP contribution in [-0.2, 0) is 0 Å². The molecule has 2 N–H and O–H groups in total. The molecule has 0 aromatic heterocycles. The molecule has 0 saturated carbocycles. The van der Waals surface area contributed by atoms with E-state index in [0.717, 1.165) is 31.6 Å². The molecule has 1 aromatic carbocycles. The molecule has 0 saturated heterocycles. The van der Waals surface area contributed by atoms with Crippen LogP contribution in [0.15, 0.2) is 30.3 Å². The Labute approximate surface area is 92.4 Å². The number of hydrogen-bond acceptors (Lipinski definition) is 2. The molecule has 0 amide bonds. The fourth-order valence-electron chi connectivity index (χ4n) is 1.39. The van der Waals surface area contributed by atoms with E-state index in [2.05, 4.69) is 13.8 Å². The fourth-order valence-corrected chi connectivity index (χ4v) is 1.39. The summed E-state index contributed by atoms with van der Waals surface area (Å²) in [4.78, 5) is 0. The fraction of sp³-hybridized carbons (Fsp3) is 0.538. The van der Waals surface area contributed by atoms with Gasteiger partial charge in [0.2, 0.25) is 0 Å². The van der Waals surface area contributed by atoms with E-state index < -0.39 is 0 Å².